The van der Waals surface area contributed by atoms with Crippen molar-refractivity contribution in [1.82, 2.24) is 4.31 Å². The van der Waals surface area contributed by atoms with Crippen LogP contribution in [0.2, 0.25) is 0 Å². The molecule has 6 nitrogen and oxygen atoms in total. The van der Waals surface area contributed by atoms with E-state index < -0.39 is 16.0 Å². The minimum atomic E-state index is -3.80. The first-order valence-corrected chi connectivity index (χ1v) is 7.02. The lowest BCUT2D eigenvalue weighted by Gasteiger charge is -2.26. The standard InChI is InChI=1S/C11H12FN3O3S/c12-10-7-9(8-13)1-2-11(10)14-19(16,17)15-3-5-18-6-4-15/h1-2,7,14H,3-6H2. The number of hydrogen-bond donors (Lipinski definition) is 1. The van der Waals surface area contributed by atoms with Crippen LogP contribution in [0, 0.1) is 17.1 Å². The lowest BCUT2D eigenvalue weighted by Crippen LogP contribution is -2.43. The van der Waals surface area contributed by atoms with E-state index >= 15 is 0 Å². The normalized spacial score (nSPS) is 16.8. The molecule has 0 aromatic heterocycles. The molecule has 1 heterocycles. The first-order chi connectivity index (χ1) is 9.03. The third-order valence-corrected chi connectivity index (χ3v) is 4.17. The molecule has 0 saturated carbocycles. The van der Waals surface area contributed by atoms with Crippen molar-refractivity contribution in [2.45, 2.75) is 0 Å². The Morgan fingerprint density at radius 3 is 2.63 bits per heavy atom. The van der Waals surface area contributed by atoms with E-state index in [0.717, 1.165) is 6.07 Å². The molecule has 0 atom stereocenters. The van der Waals surface area contributed by atoms with Crippen LogP contribution >= 0.6 is 0 Å². The number of nitriles is 1. The second-order valence-electron chi connectivity index (χ2n) is 3.92. The molecular weight excluding hydrogens is 273 g/mol. The SMILES string of the molecule is N#Cc1ccc(NS(=O)(=O)N2CCOCC2)c(F)c1. The van der Waals surface area contributed by atoms with Crippen molar-refractivity contribution in [2.24, 2.45) is 0 Å². The highest BCUT2D eigenvalue weighted by Crippen LogP contribution is 2.18. The summed E-state index contributed by atoms with van der Waals surface area (Å²) in [6.45, 7) is 1.09. The highest BCUT2D eigenvalue weighted by Gasteiger charge is 2.25. The molecule has 8 heteroatoms. The van der Waals surface area contributed by atoms with Crippen molar-refractivity contribution in [3.63, 3.8) is 0 Å². The van der Waals surface area contributed by atoms with Gasteiger partial charge in [-0.15, -0.1) is 0 Å². The van der Waals surface area contributed by atoms with E-state index in [1.807, 2.05) is 0 Å². The number of benzene rings is 1. The van der Waals surface area contributed by atoms with E-state index in [1.54, 1.807) is 6.07 Å². The largest absolute Gasteiger partial charge is 0.379 e. The summed E-state index contributed by atoms with van der Waals surface area (Å²) in [5.41, 5.74) is -0.0442. The Hall–Kier alpha value is -1.69. The number of ether oxygens (including phenoxy) is 1. The fourth-order valence-corrected chi connectivity index (χ4v) is 2.86. The first kappa shape index (κ1) is 13.7. The predicted octanol–water partition coefficient (Wildman–Crippen LogP) is 0.686. The van der Waals surface area contributed by atoms with Crippen LogP contribution in [0.5, 0.6) is 0 Å². The molecule has 1 aromatic carbocycles. The maximum absolute atomic E-state index is 13.6. The highest BCUT2D eigenvalue weighted by atomic mass is 32.2. The summed E-state index contributed by atoms with van der Waals surface area (Å²) in [6.07, 6.45) is 0. The maximum atomic E-state index is 13.6. The van der Waals surface area contributed by atoms with Crippen LogP contribution in [0.3, 0.4) is 0 Å². The number of halogens is 1. The summed E-state index contributed by atoms with van der Waals surface area (Å²) in [4.78, 5) is 0. The van der Waals surface area contributed by atoms with Crippen LogP contribution in [0.1, 0.15) is 5.56 Å². The van der Waals surface area contributed by atoms with Crippen LogP contribution in [0.25, 0.3) is 0 Å². The zero-order valence-electron chi connectivity index (χ0n) is 9.97. The van der Waals surface area contributed by atoms with Gasteiger partial charge in [0.25, 0.3) is 0 Å². The number of anilines is 1. The van der Waals surface area contributed by atoms with Crippen molar-refractivity contribution in [3.05, 3.63) is 29.6 Å². The average molecular weight is 285 g/mol. The quantitative estimate of drug-likeness (QED) is 0.885. The molecule has 0 radical (unpaired) electrons. The Morgan fingerprint density at radius 1 is 1.37 bits per heavy atom. The molecule has 1 aliphatic heterocycles. The molecule has 1 aromatic rings. The molecule has 0 unspecified atom stereocenters. The second-order valence-corrected chi connectivity index (χ2v) is 5.60. The summed E-state index contributed by atoms with van der Waals surface area (Å²) < 4.78 is 46.0. The van der Waals surface area contributed by atoms with E-state index in [0.29, 0.717) is 13.2 Å². The third-order valence-electron chi connectivity index (χ3n) is 2.65. The highest BCUT2D eigenvalue weighted by molar-refractivity contribution is 7.90. The molecule has 1 N–H and O–H groups in total. The van der Waals surface area contributed by atoms with Crippen molar-refractivity contribution in [2.75, 3.05) is 31.0 Å². The topological polar surface area (TPSA) is 82.4 Å². The fraction of sp³-hybridized carbons (Fsp3) is 0.364. The van der Waals surface area contributed by atoms with E-state index in [1.165, 1.54) is 16.4 Å². The predicted molar refractivity (Wildman–Crippen MR) is 66.0 cm³/mol. The minimum absolute atomic E-state index is 0.131. The smallest absolute Gasteiger partial charge is 0.301 e. The number of hydrogen-bond acceptors (Lipinski definition) is 4. The Bertz CT molecular complexity index is 606. The van der Waals surface area contributed by atoms with Gasteiger partial charge in [-0.3, -0.25) is 4.72 Å². The Labute approximate surface area is 110 Å². The number of nitrogens with zero attached hydrogens (tertiary/aromatic N) is 2. The van der Waals surface area contributed by atoms with Crippen LogP contribution in [-0.2, 0) is 14.9 Å². The number of rotatable bonds is 3. The summed E-state index contributed by atoms with van der Waals surface area (Å²) in [5.74, 6) is -0.782. The van der Waals surface area contributed by atoms with Gasteiger partial charge in [0.2, 0.25) is 0 Å². The zero-order chi connectivity index (χ0) is 13.9. The van der Waals surface area contributed by atoms with Gasteiger partial charge in [0.15, 0.2) is 0 Å². The summed E-state index contributed by atoms with van der Waals surface area (Å²) in [5, 5.41) is 8.61. The van der Waals surface area contributed by atoms with E-state index in [-0.39, 0.29) is 24.3 Å². The average Bonchev–Trinajstić information content (AvgIpc) is 2.42. The van der Waals surface area contributed by atoms with Gasteiger partial charge in [-0.2, -0.15) is 18.0 Å². The van der Waals surface area contributed by atoms with Crippen LogP contribution in [0.4, 0.5) is 10.1 Å². The molecule has 102 valence electrons. The van der Waals surface area contributed by atoms with Crippen LogP contribution in [-0.4, -0.2) is 39.0 Å². The van der Waals surface area contributed by atoms with Gasteiger partial charge in [-0.05, 0) is 18.2 Å². The van der Waals surface area contributed by atoms with Crippen molar-refractivity contribution in [1.29, 1.82) is 5.26 Å². The molecule has 0 bridgehead atoms. The fourth-order valence-electron chi connectivity index (χ4n) is 1.66. The number of morpholine rings is 1. The van der Waals surface area contributed by atoms with E-state index in [9.17, 15) is 12.8 Å². The lowest BCUT2D eigenvalue weighted by molar-refractivity contribution is 0.0733. The van der Waals surface area contributed by atoms with E-state index in [4.69, 9.17) is 10.00 Å². The van der Waals surface area contributed by atoms with Crippen LogP contribution < -0.4 is 4.72 Å². The lowest BCUT2D eigenvalue weighted by atomic mass is 10.2. The summed E-state index contributed by atoms with van der Waals surface area (Å²) >= 11 is 0. The molecule has 1 saturated heterocycles. The maximum Gasteiger partial charge on any atom is 0.301 e. The van der Waals surface area contributed by atoms with Gasteiger partial charge >= 0.3 is 10.2 Å². The molecule has 0 aliphatic carbocycles. The van der Waals surface area contributed by atoms with Crippen molar-refractivity contribution >= 4 is 15.9 Å². The Kier molecular flexibility index (Phi) is 3.99. The van der Waals surface area contributed by atoms with Crippen LogP contribution in [0.15, 0.2) is 18.2 Å². The Balaban J connectivity index is 2.18. The van der Waals surface area contributed by atoms with Crippen molar-refractivity contribution < 1.29 is 17.5 Å². The molecule has 0 spiro atoms. The molecule has 0 amide bonds. The molecule has 1 fully saturated rings. The summed E-state index contributed by atoms with van der Waals surface area (Å²) in [7, 11) is -3.80. The summed E-state index contributed by atoms with van der Waals surface area (Å²) in [6, 6.07) is 5.34. The zero-order valence-corrected chi connectivity index (χ0v) is 10.8. The third kappa shape index (κ3) is 3.20. The first-order valence-electron chi connectivity index (χ1n) is 5.58. The second kappa shape index (κ2) is 5.52. The minimum Gasteiger partial charge on any atom is -0.379 e. The monoisotopic (exact) mass is 285 g/mol. The van der Waals surface area contributed by atoms with Gasteiger partial charge in [-0.1, -0.05) is 0 Å². The van der Waals surface area contributed by atoms with Gasteiger partial charge in [0, 0.05) is 13.1 Å². The van der Waals surface area contributed by atoms with Gasteiger partial charge in [0.1, 0.15) is 5.82 Å². The molecule has 19 heavy (non-hydrogen) atoms. The van der Waals surface area contributed by atoms with Gasteiger partial charge < -0.3 is 4.74 Å². The van der Waals surface area contributed by atoms with Gasteiger partial charge in [-0.25, -0.2) is 4.39 Å². The molecule has 2 rings (SSSR count). The van der Waals surface area contributed by atoms with Gasteiger partial charge in [0.05, 0.1) is 30.5 Å². The Morgan fingerprint density at radius 2 is 2.05 bits per heavy atom. The van der Waals surface area contributed by atoms with E-state index in [2.05, 4.69) is 4.72 Å². The number of nitrogens with one attached hydrogen (secondary N) is 1. The van der Waals surface area contributed by atoms with Crippen molar-refractivity contribution in [3.8, 4) is 6.07 Å². The molecular formula is C11H12FN3O3S. The molecule has 1 aliphatic rings.